The second-order valence-electron chi connectivity index (χ2n) is 10.8. The van der Waals surface area contributed by atoms with Crippen LogP contribution in [0.2, 0.25) is 0 Å². The largest absolute Gasteiger partial charge is 0.494 e. The molecule has 2 aliphatic rings. The fourth-order valence-corrected chi connectivity index (χ4v) is 3.62. The summed E-state index contributed by atoms with van der Waals surface area (Å²) in [5.41, 5.74) is 0.958. The number of hydrogen-bond acceptors (Lipinski definition) is 4. The lowest BCUT2D eigenvalue weighted by Crippen LogP contribution is -2.41. The molecule has 0 aromatic heterocycles. The van der Waals surface area contributed by atoms with Crippen LogP contribution in [0.15, 0.2) is 23.1 Å². The van der Waals surface area contributed by atoms with Crippen LogP contribution in [-0.2, 0) is 18.6 Å². The average molecular weight is 418 g/mol. The van der Waals surface area contributed by atoms with Crippen LogP contribution in [0.25, 0.3) is 0 Å². The van der Waals surface area contributed by atoms with E-state index in [4.69, 9.17) is 18.6 Å². The summed E-state index contributed by atoms with van der Waals surface area (Å²) in [6.07, 6.45) is 8.85. The minimum Gasteiger partial charge on any atom is -0.400 e. The average Bonchev–Trinajstić information content (AvgIpc) is 2.94. The van der Waals surface area contributed by atoms with Crippen LogP contribution in [-0.4, -0.2) is 36.6 Å². The first kappa shape index (κ1) is 25.7. The van der Waals surface area contributed by atoms with E-state index in [2.05, 4.69) is 81.3 Å². The van der Waals surface area contributed by atoms with Crippen molar-refractivity contribution < 1.29 is 18.6 Å². The minimum absolute atomic E-state index is 0.347. The molecule has 170 valence electrons. The Morgan fingerprint density at radius 1 is 0.700 bits per heavy atom. The third-order valence-electron chi connectivity index (χ3n) is 7.21. The van der Waals surface area contributed by atoms with Crippen LogP contribution in [0.3, 0.4) is 0 Å². The van der Waals surface area contributed by atoms with Gasteiger partial charge in [0.2, 0.25) is 0 Å². The fraction of sp³-hybridized carbons (Fsp3) is 0.833. The van der Waals surface area contributed by atoms with E-state index in [1.54, 1.807) is 0 Å². The first-order valence-electron chi connectivity index (χ1n) is 11.9. The van der Waals surface area contributed by atoms with Gasteiger partial charge < -0.3 is 18.6 Å². The standard InChI is InChI=1S/C24H44B2O4/c1-11-13-15-17-20(26-29-23(7,8)24(9,10)30-26)19(16-14-12-2)18-25-27-21(3,4)22(5,6)28-25/h17-18H,11-16H2,1-10H3/b19-18-,20-17-. The zero-order chi connectivity index (χ0) is 22.8. The van der Waals surface area contributed by atoms with Gasteiger partial charge in [-0.05, 0) is 80.1 Å². The molecule has 0 unspecified atom stereocenters. The van der Waals surface area contributed by atoms with Gasteiger partial charge in [-0.25, -0.2) is 0 Å². The van der Waals surface area contributed by atoms with E-state index >= 15 is 0 Å². The Labute approximate surface area is 186 Å². The molecule has 2 aliphatic heterocycles. The summed E-state index contributed by atoms with van der Waals surface area (Å²) in [4.78, 5) is 0. The van der Waals surface area contributed by atoms with Crippen molar-refractivity contribution in [1.29, 1.82) is 0 Å². The minimum atomic E-state index is -0.364. The van der Waals surface area contributed by atoms with Gasteiger partial charge in [0.25, 0.3) is 0 Å². The number of unbranched alkanes of at least 4 members (excludes halogenated alkanes) is 3. The molecule has 4 nitrogen and oxygen atoms in total. The summed E-state index contributed by atoms with van der Waals surface area (Å²) in [5.74, 6) is 2.16. The summed E-state index contributed by atoms with van der Waals surface area (Å²) < 4.78 is 25.5. The molecule has 0 aromatic rings. The van der Waals surface area contributed by atoms with E-state index in [0.717, 1.165) is 37.6 Å². The lowest BCUT2D eigenvalue weighted by molar-refractivity contribution is 0.00578. The van der Waals surface area contributed by atoms with Crippen molar-refractivity contribution in [2.24, 2.45) is 0 Å². The molecule has 0 spiro atoms. The van der Waals surface area contributed by atoms with Gasteiger partial charge in [-0.2, -0.15) is 0 Å². The second kappa shape index (κ2) is 9.52. The Morgan fingerprint density at radius 3 is 1.63 bits per heavy atom. The summed E-state index contributed by atoms with van der Waals surface area (Å²) in [6, 6.07) is 0. The van der Waals surface area contributed by atoms with Crippen molar-refractivity contribution in [3.63, 3.8) is 0 Å². The van der Waals surface area contributed by atoms with Crippen molar-refractivity contribution in [2.75, 3.05) is 0 Å². The van der Waals surface area contributed by atoms with E-state index in [9.17, 15) is 0 Å². The molecular formula is C24H44B2O4. The predicted octanol–water partition coefficient (Wildman–Crippen LogP) is 6.48. The van der Waals surface area contributed by atoms with Gasteiger partial charge in [-0.1, -0.05) is 50.7 Å². The molecule has 2 fully saturated rings. The molecule has 2 heterocycles. The topological polar surface area (TPSA) is 36.9 Å². The van der Waals surface area contributed by atoms with Crippen molar-refractivity contribution in [2.45, 2.75) is 130 Å². The summed E-state index contributed by atoms with van der Waals surface area (Å²) in [6.45, 7) is 21.3. The quantitative estimate of drug-likeness (QED) is 0.244. The highest BCUT2D eigenvalue weighted by atomic mass is 16.7. The van der Waals surface area contributed by atoms with Crippen molar-refractivity contribution in [3.8, 4) is 0 Å². The molecule has 6 heteroatoms. The SMILES string of the molecule is CCCC/C=C(B1OC(C)(C)C(C)(C)O1)/C(=C\B1OC(C)(C)C(C)(C)O1)CCCC. The maximum absolute atomic E-state index is 6.45. The van der Waals surface area contributed by atoms with Crippen LogP contribution in [0, 0.1) is 0 Å². The molecule has 0 aromatic carbocycles. The van der Waals surface area contributed by atoms with Crippen molar-refractivity contribution >= 4 is 14.2 Å². The molecule has 30 heavy (non-hydrogen) atoms. The van der Waals surface area contributed by atoms with Gasteiger partial charge >= 0.3 is 14.2 Å². The molecule has 0 bridgehead atoms. The fourth-order valence-electron chi connectivity index (χ4n) is 3.62. The highest BCUT2D eigenvalue weighted by Crippen LogP contribution is 2.42. The van der Waals surface area contributed by atoms with E-state index < -0.39 is 0 Å². The third-order valence-corrected chi connectivity index (χ3v) is 7.21. The highest BCUT2D eigenvalue weighted by Gasteiger charge is 2.54. The Hall–Kier alpha value is -0.550. The molecule has 0 N–H and O–H groups in total. The summed E-state index contributed by atoms with van der Waals surface area (Å²) in [5, 5.41) is 0. The number of hydrogen-bond donors (Lipinski definition) is 0. The Balaban J connectivity index is 2.39. The van der Waals surface area contributed by atoms with E-state index in [1.807, 2.05) is 0 Å². The lowest BCUT2D eigenvalue weighted by Gasteiger charge is -2.32. The molecule has 0 amide bonds. The van der Waals surface area contributed by atoms with Gasteiger partial charge in [-0.3, -0.25) is 0 Å². The maximum atomic E-state index is 6.45. The molecular weight excluding hydrogens is 374 g/mol. The zero-order valence-corrected chi connectivity index (χ0v) is 21.2. The molecule has 0 saturated carbocycles. The van der Waals surface area contributed by atoms with Crippen molar-refractivity contribution in [1.82, 2.24) is 0 Å². The Bertz CT molecular complexity index is 618. The van der Waals surface area contributed by atoms with Crippen LogP contribution < -0.4 is 0 Å². The highest BCUT2D eigenvalue weighted by molar-refractivity contribution is 6.57. The van der Waals surface area contributed by atoms with Crippen LogP contribution in [0.4, 0.5) is 0 Å². The van der Waals surface area contributed by atoms with Crippen molar-refractivity contribution in [3.05, 3.63) is 23.1 Å². The number of rotatable bonds is 9. The van der Waals surface area contributed by atoms with E-state index in [0.29, 0.717) is 0 Å². The first-order valence-corrected chi connectivity index (χ1v) is 11.9. The predicted molar refractivity (Wildman–Crippen MR) is 127 cm³/mol. The molecule has 0 aliphatic carbocycles. The monoisotopic (exact) mass is 418 g/mol. The van der Waals surface area contributed by atoms with Gasteiger partial charge in [0.1, 0.15) is 0 Å². The molecule has 0 atom stereocenters. The van der Waals surface area contributed by atoms with Gasteiger partial charge in [0.05, 0.1) is 22.4 Å². The molecule has 2 rings (SSSR count). The third kappa shape index (κ3) is 5.62. The van der Waals surface area contributed by atoms with Crippen LogP contribution in [0.5, 0.6) is 0 Å². The lowest BCUT2D eigenvalue weighted by atomic mass is 9.69. The van der Waals surface area contributed by atoms with E-state index in [-0.39, 0.29) is 36.6 Å². The number of allylic oxidation sites excluding steroid dienone is 3. The summed E-state index contributed by atoms with van der Waals surface area (Å²) in [7, 11) is -0.726. The van der Waals surface area contributed by atoms with Crippen LogP contribution >= 0.6 is 0 Å². The zero-order valence-electron chi connectivity index (χ0n) is 21.2. The summed E-state index contributed by atoms with van der Waals surface area (Å²) >= 11 is 0. The van der Waals surface area contributed by atoms with Crippen LogP contribution in [0.1, 0.15) is 108 Å². The first-order chi connectivity index (χ1) is 13.8. The Morgan fingerprint density at radius 2 is 1.17 bits per heavy atom. The van der Waals surface area contributed by atoms with Gasteiger partial charge in [-0.15, -0.1) is 0 Å². The second-order valence-corrected chi connectivity index (χ2v) is 10.8. The normalized spacial score (nSPS) is 25.3. The van der Waals surface area contributed by atoms with E-state index in [1.165, 1.54) is 12.0 Å². The Kier molecular flexibility index (Phi) is 8.16. The maximum Gasteiger partial charge on any atom is 0.494 e. The molecule has 2 saturated heterocycles. The smallest absolute Gasteiger partial charge is 0.400 e. The van der Waals surface area contributed by atoms with Gasteiger partial charge in [0.15, 0.2) is 0 Å². The van der Waals surface area contributed by atoms with Gasteiger partial charge in [0, 0.05) is 0 Å². The molecule has 0 radical (unpaired) electrons.